The third kappa shape index (κ3) is 7.29. The number of halogens is 1. The molecule has 3 rings (SSSR count). The number of carbonyl (C=O) groups is 1. The summed E-state index contributed by atoms with van der Waals surface area (Å²) >= 11 is 0. The van der Waals surface area contributed by atoms with E-state index < -0.39 is 0 Å². The number of hydrogen-bond donors (Lipinski definition) is 3. The van der Waals surface area contributed by atoms with E-state index in [9.17, 15) is 4.79 Å². The maximum Gasteiger partial charge on any atom is 0.221 e. The smallest absolute Gasteiger partial charge is 0.221 e. The van der Waals surface area contributed by atoms with E-state index in [0.29, 0.717) is 12.6 Å². The molecular weight excluding hydrogens is 453 g/mol. The Bertz CT molecular complexity index is 647. The molecule has 1 unspecified atom stereocenters. The van der Waals surface area contributed by atoms with E-state index in [1.807, 2.05) is 0 Å². The Hall–Kier alpha value is -1.35. The van der Waals surface area contributed by atoms with E-state index in [-0.39, 0.29) is 35.8 Å². The minimum atomic E-state index is -0.170. The van der Waals surface area contributed by atoms with Gasteiger partial charge in [0, 0.05) is 25.7 Å². The molecule has 1 atom stereocenters. The summed E-state index contributed by atoms with van der Waals surface area (Å²) in [6.07, 6.45) is 4.43. The Balaban J connectivity index is 0.00000261. The number of amides is 1. The second-order valence-corrected chi connectivity index (χ2v) is 7.41. The van der Waals surface area contributed by atoms with Crippen LogP contribution in [0.4, 0.5) is 0 Å². The molecule has 0 aromatic heterocycles. The molecule has 1 aliphatic heterocycles. The lowest BCUT2D eigenvalue weighted by Crippen LogP contribution is -2.40. The first-order valence-corrected chi connectivity index (χ1v) is 9.78. The van der Waals surface area contributed by atoms with Gasteiger partial charge in [-0.2, -0.15) is 0 Å². The third-order valence-electron chi connectivity index (χ3n) is 4.99. The summed E-state index contributed by atoms with van der Waals surface area (Å²) in [4.78, 5) is 18.5. The van der Waals surface area contributed by atoms with Crippen LogP contribution in [0.3, 0.4) is 0 Å². The van der Waals surface area contributed by atoms with Gasteiger partial charge in [0.1, 0.15) is 0 Å². The summed E-state index contributed by atoms with van der Waals surface area (Å²) in [7, 11) is 0. The minimum absolute atomic E-state index is 0. The van der Waals surface area contributed by atoms with Gasteiger partial charge in [-0.05, 0) is 50.3 Å². The van der Waals surface area contributed by atoms with Crippen LogP contribution < -0.4 is 16.4 Å². The lowest BCUT2D eigenvalue weighted by Gasteiger charge is -2.31. The molecule has 1 aromatic carbocycles. The van der Waals surface area contributed by atoms with Crippen molar-refractivity contribution in [2.45, 2.75) is 51.7 Å². The predicted molar refractivity (Wildman–Crippen MR) is 120 cm³/mol. The maximum absolute atomic E-state index is 11.5. The zero-order valence-corrected chi connectivity index (χ0v) is 18.4. The molecule has 0 spiro atoms. The van der Waals surface area contributed by atoms with E-state index in [1.54, 1.807) is 0 Å². The monoisotopic (exact) mass is 485 g/mol. The molecular formula is C20H32IN5O. The number of likely N-dealkylation sites (tertiary alicyclic amines) is 1. The summed E-state index contributed by atoms with van der Waals surface area (Å²) in [5, 5.41) is 6.75. The molecule has 0 bridgehead atoms. The highest BCUT2D eigenvalue weighted by molar-refractivity contribution is 14.0. The molecule has 27 heavy (non-hydrogen) atoms. The molecule has 7 heteroatoms. The average molecular weight is 485 g/mol. The molecule has 4 N–H and O–H groups in total. The Morgan fingerprint density at radius 2 is 2.07 bits per heavy atom. The largest absolute Gasteiger partial charge is 0.369 e. The van der Waals surface area contributed by atoms with E-state index in [0.717, 1.165) is 45.0 Å². The molecule has 1 aromatic rings. The van der Waals surface area contributed by atoms with Crippen molar-refractivity contribution in [3.63, 3.8) is 0 Å². The van der Waals surface area contributed by atoms with Gasteiger partial charge in [-0.15, -0.1) is 24.0 Å². The van der Waals surface area contributed by atoms with Gasteiger partial charge in [-0.1, -0.05) is 24.3 Å². The predicted octanol–water partition coefficient (Wildman–Crippen LogP) is 2.22. The number of primary amides is 1. The molecule has 1 heterocycles. The number of benzene rings is 1. The van der Waals surface area contributed by atoms with Crippen LogP contribution in [0.1, 0.15) is 43.7 Å². The van der Waals surface area contributed by atoms with Crippen LogP contribution in [0.5, 0.6) is 0 Å². The van der Waals surface area contributed by atoms with Crippen molar-refractivity contribution in [3.05, 3.63) is 35.4 Å². The zero-order chi connectivity index (χ0) is 18.4. The summed E-state index contributed by atoms with van der Waals surface area (Å²) in [5.74, 6) is 0.727. The number of piperidine rings is 1. The lowest BCUT2D eigenvalue weighted by atomic mass is 9.97. The van der Waals surface area contributed by atoms with E-state index >= 15 is 0 Å². The van der Waals surface area contributed by atoms with Crippen molar-refractivity contribution in [1.29, 1.82) is 0 Å². The van der Waals surface area contributed by atoms with Crippen LogP contribution in [0.15, 0.2) is 29.3 Å². The number of carbonyl (C=O) groups excluding carboxylic acids is 1. The fraction of sp³-hybridized carbons (Fsp3) is 0.600. The van der Waals surface area contributed by atoms with Gasteiger partial charge in [0.25, 0.3) is 0 Å². The molecule has 0 radical (unpaired) electrons. The zero-order valence-electron chi connectivity index (χ0n) is 16.1. The van der Waals surface area contributed by atoms with Crippen molar-refractivity contribution >= 4 is 35.8 Å². The molecule has 1 saturated heterocycles. The summed E-state index contributed by atoms with van der Waals surface area (Å²) in [6.45, 7) is 6.29. The highest BCUT2D eigenvalue weighted by Gasteiger charge is 2.24. The molecule has 1 amide bonds. The Morgan fingerprint density at radius 3 is 2.78 bits per heavy atom. The van der Waals surface area contributed by atoms with Gasteiger partial charge in [0.2, 0.25) is 5.91 Å². The van der Waals surface area contributed by atoms with Crippen molar-refractivity contribution in [2.24, 2.45) is 16.6 Å². The topological polar surface area (TPSA) is 82.8 Å². The van der Waals surface area contributed by atoms with Gasteiger partial charge in [0.05, 0.1) is 12.5 Å². The van der Waals surface area contributed by atoms with Gasteiger partial charge in [-0.3, -0.25) is 9.69 Å². The van der Waals surface area contributed by atoms with Gasteiger partial charge in [0.15, 0.2) is 5.96 Å². The van der Waals surface area contributed by atoms with Crippen LogP contribution >= 0.6 is 24.0 Å². The lowest BCUT2D eigenvalue weighted by molar-refractivity contribution is -0.123. The number of rotatable bonds is 7. The van der Waals surface area contributed by atoms with Crippen LogP contribution in [-0.4, -0.2) is 42.4 Å². The maximum atomic E-state index is 11.5. The Morgan fingerprint density at radius 1 is 1.30 bits per heavy atom. The van der Waals surface area contributed by atoms with Crippen molar-refractivity contribution in [2.75, 3.05) is 19.6 Å². The van der Waals surface area contributed by atoms with Crippen LogP contribution in [0.25, 0.3) is 0 Å². The van der Waals surface area contributed by atoms with E-state index in [1.165, 1.54) is 24.0 Å². The van der Waals surface area contributed by atoms with E-state index in [2.05, 4.69) is 46.7 Å². The second kappa shape index (κ2) is 10.8. The summed E-state index contributed by atoms with van der Waals surface area (Å²) < 4.78 is 0. The molecule has 1 aliphatic carbocycles. The number of hydrogen-bond acceptors (Lipinski definition) is 3. The summed E-state index contributed by atoms with van der Waals surface area (Å²) in [5.41, 5.74) is 7.96. The van der Waals surface area contributed by atoms with E-state index in [4.69, 9.17) is 10.7 Å². The molecule has 2 aliphatic rings. The van der Waals surface area contributed by atoms with Gasteiger partial charge >= 0.3 is 0 Å². The van der Waals surface area contributed by atoms with Crippen molar-refractivity contribution in [1.82, 2.24) is 15.5 Å². The Kier molecular flexibility index (Phi) is 8.82. The fourth-order valence-corrected chi connectivity index (χ4v) is 3.43. The SMILES string of the molecule is CCNC(=NCc1cccc(CN2CCCC(C(N)=O)C2)c1)NC1CC1.I. The fourth-order valence-electron chi connectivity index (χ4n) is 3.43. The quantitative estimate of drug-likeness (QED) is 0.314. The number of nitrogens with zero attached hydrogens (tertiary/aromatic N) is 2. The number of nitrogens with two attached hydrogens (primary N) is 1. The number of nitrogens with one attached hydrogen (secondary N) is 2. The van der Waals surface area contributed by atoms with Crippen LogP contribution in [-0.2, 0) is 17.9 Å². The Labute approximate surface area is 179 Å². The third-order valence-corrected chi connectivity index (χ3v) is 4.99. The molecule has 1 saturated carbocycles. The van der Waals surface area contributed by atoms with Gasteiger partial charge < -0.3 is 16.4 Å². The second-order valence-electron chi connectivity index (χ2n) is 7.41. The first-order chi connectivity index (χ1) is 12.6. The molecule has 2 fully saturated rings. The molecule has 6 nitrogen and oxygen atoms in total. The number of guanidine groups is 1. The van der Waals surface area contributed by atoms with Crippen molar-refractivity contribution in [3.8, 4) is 0 Å². The molecule has 150 valence electrons. The van der Waals surface area contributed by atoms with Crippen molar-refractivity contribution < 1.29 is 4.79 Å². The average Bonchev–Trinajstić information content (AvgIpc) is 3.44. The first kappa shape index (κ1) is 21.9. The van der Waals surface area contributed by atoms with Crippen LogP contribution in [0.2, 0.25) is 0 Å². The summed E-state index contributed by atoms with van der Waals surface area (Å²) in [6, 6.07) is 9.18. The highest BCUT2D eigenvalue weighted by Crippen LogP contribution is 2.19. The van der Waals surface area contributed by atoms with Gasteiger partial charge in [-0.25, -0.2) is 4.99 Å². The minimum Gasteiger partial charge on any atom is -0.369 e. The first-order valence-electron chi connectivity index (χ1n) is 9.78. The number of aliphatic imine (C=N–C) groups is 1. The highest BCUT2D eigenvalue weighted by atomic mass is 127. The normalized spacial score (nSPS) is 20.6. The standard InChI is InChI=1S/C20H31N5O.HI/c1-2-22-20(24-18-8-9-18)23-12-15-5-3-6-16(11-15)13-25-10-4-7-17(14-25)19(21)26;/h3,5-6,11,17-18H,2,4,7-10,12-14H2,1H3,(H2,21,26)(H2,22,23,24);1H. The van der Waals surface area contributed by atoms with Crippen LogP contribution in [0, 0.1) is 5.92 Å².